The molecule has 0 fully saturated rings. The number of Topliss-reactive ketones (excluding diaryl/α,β-unsaturated/α-hetero) is 1. The van der Waals surface area contributed by atoms with E-state index in [2.05, 4.69) is 0 Å². The molecular formula is C17H16F2O2. The average Bonchev–Trinajstić information content (AvgIpc) is 2.47. The highest BCUT2D eigenvalue weighted by atomic mass is 19.1. The summed E-state index contributed by atoms with van der Waals surface area (Å²) in [5, 5.41) is 0. The van der Waals surface area contributed by atoms with Crippen LogP contribution in [0.5, 0.6) is 0 Å². The molecular weight excluding hydrogens is 274 g/mol. The number of carbonyl (C=O) groups excluding carboxylic acids is 1. The number of hydrogen-bond acceptors (Lipinski definition) is 2. The predicted molar refractivity (Wildman–Crippen MR) is 76.0 cm³/mol. The number of ether oxygens (including phenoxy) is 1. The molecule has 0 heterocycles. The van der Waals surface area contributed by atoms with E-state index in [1.165, 1.54) is 6.07 Å². The molecule has 0 radical (unpaired) electrons. The van der Waals surface area contributed by atoms with Gasteiger partial charge in [-0.3, -0.25) is 4.79 Å². The predicted octanol–water partition coefficient (Wildman–Crippen LogP) is 4.14. The van der Waals surface area contributed by atoms with Gasteiger partial charge in [0.25, 0.3) is 0 Å². The number of carbonyl (C=O) groups is 1. The smallest absolute Gasteiger partial charge is 0.165 e. The fourth-order valence-electron chi connectivity index (χ4n) is 1.95. The van der Waals surface area contributed by atoms with Crippen LogP contribution in [0.3, 0.4) is 0 Å². The Hall–Kier alpha value is -2.07. The first kappa shape index (κ1) is 15.3. The minimum absolute atomic E-state index is 0.0699. The largest absolute Gasteiger partial charge is 0.377 e. The van der Waals surface area contributed by atoms with E-state index in [1.807, 2.05) is 30.3 Å². The summed E-state index contributed by atoms with van der Waals surface area (Å²) in [5.41, 5.74) is 0.993. The van der Waals surface area contributed by atoms with Gasteiger partial charge in [0.15, 0.2) is 5.78 Å². The summed E-state index contributed by atoms with van der Waals surface area (Å²) in [5.74, 6) is -1.84. The van der Waals surface area contributed by atoms with Gasteiger partial charge in [0, 0.05) is 19.1 Å². The summed E-state index contributed by atoms with van der Waals surface area (Å²) < 4.78 is 31.6. The van der Waals surface area contributed by atoms with Crippen LogP contribution in [0.2, 0.25) is 0 Å². The molecule has 0 amide bonds. The van der Waals surface area contributed by atoms with E-state index in [1.54, 1.807) is 0 Å². The molecule has 0 unspecified atom stereocenters. The number of ketones is 1. The first-order valence-corrected chi connectivity index (χ1v) is 6.77. The van der Waals surface area contributed by atoms with Gasteiger partial charge in [-0.1, -0.05) is 30.3 Å². The van der Waals surface area contributed by atoms with E-state index >= 15 is 0 Å². The summed E-state index contributed by atoms with van der Waals surface area (Å²) in [6.45, 7) is 0.906. The molecule has 2 aromatic rings. The highest BCUT2D eigenvalue weighted by molar-refractivity contribution is 5.96. The summed E-state index contributed by atoms with van der Waals surface area (Å²) in [4.78, 5) is 11.8. The van der Waals surface area contributed by atoms with Crippen molar-refractivity contribution >= 4 is 5.78 Å². The summed E-state index contributed by atoms with van der Waals surface area (Å²) in [7, 11) is 0. The van der Waals surface area contributed by atoms with Crippen LogP contribution < -0.4 is 0 Å². The van der Waals surface area contributed by atoms with Crippen LogP contribution in [0, 0.1) is 11.6 Å². The third kappa shape index (κ3) is 4.76. The Labute approximate surface area is 122 Å². The highest BCUT2D eigenvalue weighted by Gasteiger charge is 2.11. The Morgan fingerprint density at radius 1 is 1.05 bits per heavy atom. The SMILES string of the molecule is O=C(CCCOCc1ccccc1)c1ccc(F)cc1F. The van der Waals surface area contributed by atoms with Gasteiger partial charge in [-0.25, -0.2) is 8.78 Å². The first-order valence-electron chi connectivity index (χ1n) is 6.77. The number of hydrogen-bond donors (Lipinski definition) is 0. The molecule has 2 rings (SSSR count). The third-order valence-electron chi connectivity index (χ3n) is 3.04. The molecule has 2 aromatic carbocycles. The van der Waals surface area contributed by atoms with Crippen LogP contribution in [-0.4, -0.2) is 12.4 Å². The lowest BCUT2D eigenvalue weighted by atomic mass is 10.1. The fourth-order valence-corrected chi connectivity index (χ4v) is 1.95. The minimum Gasteiger partial charge on any atom is -0.377 e. The highest BCUT2D eigenvalue weighted by Crippen LogP contribution is 2.13. The van der Waals surface area contributed by atoms with Gasteiger partial charge in [-0.2, -0.15) is 0 Å². The van der Waals surface area contributed by atoms with Crippen LogP contribution in [0.15, 0.2) is 48.5 Å². The third-order valence-corrected chi connectivity index (χ3v) is 3.04. The molecule has 21 heavy (non-hydrogen) atoms. The Kier molecular flexibility index (Phi) is 5.58. The Morgan fingerprint density at radius 3 is 2.52 bits per heavy atom. The molecule has 0 atom stereocenters. The second-order valence-corrected chi connectivity index (χ2v) is 4.69. The van der Waals surface area contributed by atoms with E-state index in [0.29, 0.717) is 19.6 Å². The average molecular weight is 290 g/mol. The molecule has 0 aliphatic heterocycles. The van der Waals surface area contributed by atoms with Crippen molar-refractivity contribution in [2.24, 2.45) is 0 Å². The molecule has 0 saturated heterocycles. The van der Waals surface area contributed by atoms with Crippen molar-refractivity contribution in [3.05, 3.63) is 71.3 Å². The van der Waals surface area contributed by atoms with Crippen molar-refractivity contribution in [1.82, 2.24) is 0 Å². The van der Waals surface area contributed by atoms with E-state index in [0.717, 1.165) is 17.7 Å². The van der Waals surface area contributed by atoms with E-state index < -0.39 is 11.6 Å². The minimum atomic E-state index is -0.815. The molecule has 0 spiro atoms. The van der Waals surface area contributed by atoms with Crippen LogP contribution in [0.25, 0.3) is 0 Å². The molecule has 0 aliphatic rings. The van der Waals surface area contributed by atoms with E-state index in [-0.39, 0.29) is 17.8 Å². The van der Waals surface area contributed by atoms with E-state index in [9.17, 15) is 13.6 Å². The van der Waals surface area contributed by atoms with Crippen LogP contribution in [0.4, 0.5) is 8.78 Å². The number of rotatable bonds is 7. The summed E-state index contributed by atoms with van der Waals surface area (Å²) in [6, 6.07) is 12.7. The summed E-state index contributed by atoms with van der Waals surface area (Å²) >= 11 is 0. The van der Waals surface area contributed by atoms with E-state index in [4.69, 9.17) is 4.74 Å². The number of halogens is 2. The standard InChI is InChI=1S/C17H16F2O2/c18-14-8-9-15(16(19)11-14)17(20)7-4-10-21-12-13-5-2-1-3-6-13/h1-3,5-6,8-9,11H,4,7,10,12H2. The Bertz CT molecular complexity index is 597. The van der Waals surface area contributed by atoms with Crippen molar-refractivity contribution in [3.63, 3.8) is 0 Å². The fraction of sp³-hybridized carbons (Fsp3) is 0.235. The lowest BCUT2D eigenvalue weighted by Crippen LogP contribution is -2.05. The molecule has 0 bridgehead atoms. The van der Waals surface area contributed by atoms with Crippen molar-refractivity contribution < 1.29 is 18.3 Å². The van der Waals surface area contributed by atoms with Gasteiger partial charge in [0.2, 0.25) is 0 Å². The van der Waals surface area contributed by atoms with Gasteiger partial charge in [0.1, 0.15) is 11.6 Å². The topological polar surface area (TPSA) is 26.3 Å². The second kappa shape index (κ2) is 7.64. The molecule has 0 saturated carbocycles. The van der Waals surface area contributed by atoms with Gasteiger partial charge in [0.05, 0.1) is 12.2 Å². The van der Waals surface area contributed by atoms with Gasteiger partial charge < -0.3 is 4.74 Å². The Morgan fingerprint density at radius 2 is 1.81 bits per heavy atom. The Balaban J connectivity index is 1.72. The zero-order chi connectivity index (χ0) is 15.1. The summed E-state index contributed by atoms with van der Waals surface area (Å²) in [6.07, 6.45) is 0.680. The molecule has 4 heteroatoms. The second-order valence-electron chi connectivity index (χ2n) is 4.69. The number of benzene rings is 2. The zero-order valence-corrected chi connectivity index (χ0v) is 11.5. The lowest BCUT2D eigenvalue weighted by molar-refractivity contribution is 0.0915. The van der Waals surface area contributed by atoms with Crippen molar-refractivity contribution in [3.8, 4) is 0 Å². The molecule has 110 valence electrons. The molecule has 0 aromatic heterocycles. The lowest BCUT2D eigenvalue weighted by Gasteiger charge is -2.05. The molecule has 0 aliphatic carbocycles. The van der Waals surface area contributed by atoms with Crippen molar-refractivity contribution in [2.75, 3.05) is 6.61 Å². The quantitative estimate of drug-likeness (QED) is 0.566. The first-order chi connectivity index (χ1) is 10.2. The monoisotopic (exact) mass is 290 g/mol. The molecule has 0 N–H and O–H groups in total. The van der Waals surface area contributed by atoms with Crippen molar-refractivity contribution in [1.29, 1.82) is 0 Å². The van der Waals surface area contributed by atoms with Crippen LogP contribution in [0.1, 0.15) is 28.8 Å². The van der Waals surface area contributed by atoms with Crippen molar-refractivity contribution in [2.45, 2.75) is 19.4 Å². The maximum atomic E-state index is 13.4. The maximum Gasteiger partial charge on any atom is 0.165 e. The maximum absolute atomic E-state index is 13.4. The van der Waals surface area contributed by atoms with Gasteiger partial charge in [-0.15, -0.1) is 0 Å². The van der Waals surface area contributed by atoms with Gasteiger partial charge in [-0.05, 0) is 24.1 Å². The van der Waals surface area contributed by atoms with Gasteiger partial charge >= 0.3 is 0 Å². The molecule has 2 nitrogen and oxygen atoms in total. The zero-order valence-electron chi connectivity index (χ0n) is 11.5. The van der Waals surface area contributed by atoms with Crippen LogP contribution in [-0.2, 0) is 11.3 Å². The normalized spacial score (nSPS) is 10.6. The van der Waals surface area contributed by atoms with Crippen LogP contribution >= 0.6 is 0 Å².